The summed E-state index contributed by atoms with van der Waals surface area (Å²) in [6.45, 7) is 8.27. The molecule has 0 radical (unpaired) electrons. The molecule has 0 atom stereocenters. The van der Waals surface area contributed by atoms with Gasteiger partial charge in [-0.05, 0) is 0 Å². The first kappa shape index (κ1) is 9.28. The molecule has 0 aromatic rings. The van der Waals surface area contributed by atoms with Gasteiger partial charge in [-0.1, -0.05) is 0 Å². The third-order valence-electron chi connectivity index (χ3n) is 0.247. The van der Waals surface area contributed by atoms with E-state index in [0.29, 0.717) is 0 Å². The smallest absolute Gasteiger partial charge is 0.293 e. The van der Waals surface area contributed by atoms with Gasteiger partial charge in [0.15, 0.2) is 0 Å². The van der Waals surface area contributed by atoms with E-state index in [1.54, 1.807) is 12.2 Å². The summed E-state index contributed by atoms with van der Waals surface area (Å²) in [5, 5.41) is 0. The zero-order valence-corrected chi connectivity index (χ0v) is 4.32. The number of rotatable bonds is 1. The standard InChI is InChI=1S/C5H6.Ni/c1-3-5-4-2;/h1,3-5H,2H2;/q-2;+2/b5-4-;. The van der Waals surface area contributed by atoms with Crippen molar-refractivity contribution in [2.24, 2.45) is 0 Å². The Morgan fingerprint density at radius 1 is 1.50 bits per heavy atom. The molecule has 0 amide bonds. The van der Waals surface area contributed by atoms with Crippen LogP contribution in [0.25, 0.3) is 0 Å². The quantitative estimate of drug-likeness (QED) is 0.282. The van der Waals surface area contributed by atoms with E-state index in [9.17, 15) is 0 Å². The molecular weight excluding hydrogens is 119 g/mol. The van der Waals surface area contributed by atoms with Crippen LogP contribution in [0.4, 0.5) is 0 Å². The molecule has 1 heteroatoms. The van der Waals surface area contributed by atoms with E-state index in [1.165, 1.54) is 6.08 Å². The zero-order valence-electron chi connectivity index (χ0n) is 3.33. The normalized spacial score (nSPS) is 7.33. The second-order valence-electron chi connectivity index (χ2n) is 0.621. The van der Waals surface area contributed by atoms with Gasteiger partial charge in [0.05, 0.1) is 0 Å². The molecule has 0 aliphatic carbocycles. The van der Waals surface area contributed by atoms with Gasteiger partial charge in [0.25, 0.3) is 0 Å². The van der Waals surface area contributed by atoms with Crippen molar-refractivity contribution >= 4 is 0 Å². The fourth-order valence-electron chi connectivity index (χ4n) is 0.0786. The fourth-order valence-corrected chi connectivity index (χ4v) is 0.0786. The summed E-state index contributed by atoms with van der Waals surface area (Å²) < 4.78 is 0. The second kappa shape index (κ2) is 8.85. The Morgan fingerprint density at radius 3 is 2.00 bits per heavy atom. The van der Waals surface area contributed by atoms with Crippen LogP contribution in [0.3, 0.4) is 0 Å². The largest absolute Gasteiger partial charge is 2.00 e. The minimum absolute atomic E-state index is 0. The molecule has 0 fully saturated rings. The molecule has 6 heavy (non-hydrogen) atoms. The maximum atomic E-state index is 4.89. The molecule has 0 aromatic heterocycles. The first-order valence-corrected chi connectivity index (χ1v) is 1.41. The molecule has 0 rings (SSSR count). The Morgan fingerprint density at radius 2 is 2.00 bits per heavy atom. The predicted octanol–water partition coefficient (Wildman–Crippen LogP) is 1.36. The van der Waals surface area contributed by atoms with E-state index in [1.807, 2.05) is 0 Å². The molecule has 0 aliphatic rings. The molecule has 0 saturated heterocycles. The maximum Gasteiger partial charge on any atom is 2.00 e. The van der Waals surface area contributed by atoms with Crippen LogP contribution in [0.1, 0.15) is 0 Å². The van der Waals surface area contributed by atoms with Gasteiger partial charge >= 0.3 is 16.5 Å². The topological polar surface area (TPSA) is 0 Å². The van der Waals surface area contributed by atoms with Gasteiger partial charge in [-0.25, -0.2) is 25.2 Å². The average molecular weight is 125 g/mol. The number of hydrogen-bond acceptors (Lipinski definition) is 0. The van der Waals surface area contributed by atoms with E-state index >= 15 is 0 Å². The summed E-state index contributed by atoms with van der Waals surface area (Å²) in [5.74, 6) is 0. The third-order valence-corrected chi connectivity index (χ3v) is 0.247. The van der Waals surface area contributed by atoms with Crippen molar-refractivity contribution in [1.82, 2.24) is 0 Å². The predicted molar refractivity (Wildman–Crippen MR) is 23.4 cm³/mol. The van der Waals surface area contributed by atoms with Crippen molar-refractivity contribution < 1.29 is 16.5 Å². The Kier molecular flexibility index (Phi) is 13.7. The van der Waals surface area contributed by atoms with Crippen LogP contribution < -0.4 is 0 Å². The molecule has 0 nitrogen and oxygen atoms in total. The van der Waals surface area contributed by atoms with Crippen molar-refractivity contribution in [2.45, 2.75) is 0 Å². The van der Waals surface area contributed by atoms with E-state index in [2.05, 4.69) is 6.92 Å². The van der Waals surface area contributed by atoms with E-state index in [-0.39, 0.29) is 16.5 Å². The molecule has 0 aliphatic heterocycles. The van der Waals surface area contributed by atoms with Crippen LogP contribution in [-0.4, -0.2) is 0 Å². The summed E-state index contributed by atoms with van der Waals surface area (Å²) in [6.07, 6.45) is 4.73. The van der Waals surface area contributed by atoms with Gasteiger partial charge in [0.1, 0.15) is 0 Å². The Labute approximate surface area is 48.9 Å². The fraction of sp³-hybridized carbons (Fsp3) is 0. The van der Waals surface area contributed by atoms with Gasteiger partial charge in [-0.2, -0.15) is 0 Å². The van der Waals surface area contributed by atoms with Crippen molar-refractivity contribution in [2.75, 3.05) is 0 Å². The Bertz CT molecular complexity index is 45.9. The summed E-state index contributed by atoms with van der Waals surface area (Å²) in [7, 11) is 0. The van der Waals surface area contributed by atoms with Crippen LogP contribution in [0.5, 0.6) is 0 Å². The van der Waals surface area contributed by atoms with Crippen LogP contribution in [0.2, 0.25) is 0 Å². The number of allylic oxidation sites excluding steroid dienone is 3. The van der Waals surface area contributed by atoms with Crippen molar-refractivity contribution in [3.05, 3.63) is 31.7 Å². The molecule has 0 unspecified atom stereocenters. The molecular formula is C5H6Ni. The molecule has 0 spiro atoms. The van der Waals surface area contributed by atoms with Crippen LogP contribution in [-0.2, 0) is 16.5 Å². The van der Waals surface area contributed by atoms with Gasteiger partial charge in [0, 0.05) is 0 Å². The SMILES string of the molecule is [CH-]=C/C=C\[CH2-].[Ni+2]. The number of hydrogen-bond donors (Lipinski definition) is 0. The first-order valence-electron chi connectivity index (χ1n) is 1.41. The third kappa shape index (κ3) is 9.14. The molecule has 0 aromatic carbocycles. The molecule has 0 bridgehead atoms. The van der Waals surface area contributed by atoms with E-state index in [0.717, 1.165) is 0 Å². The minimum atomic E-state index is 0. The van der Waals surface area contributed by atoms with Crippen molar-refractivity contribution in [3.8, 4) is 0 Å². The monoisotopic (exact) mass is 124 g/mol. The minimum Gasteiger partial charge on any atom is -0.293 e. The van der Waals surface area contributed by atoms with Crippen LogP contribution in [0.15, 0.2) is 18.2 Å². The molecule has 0 saturated carbocycles. The maximum absolute atomic E-state index is 4.89. The Balaban J connectivity index is 0. The first-order chi connectivity index (χ1) is 2.41. The van der Waals surface area contributed by atoms with Gasteiger partial charge in [-0.15, -0.1) is 0 Å². The van der Waals surface area contributed by atoms with Crippen molar-refractivity contribution in [1.29, 1.82) is 0 Å². The van der Waals surface area contributed by atoms with Crippen LogP contribution >= 0.6 is 0 Å². The van der Waals surface area contributed by atoms with Crippen LogP contribution in [0, 0.1) is 13.5 Å². The Hall–Kier alpha value is -0.156. The average Bonchev–Trinajstić information content (AvgIpc) is 1.41. The van der Waals surface area contributed by atoms with Gasteiger partial charge in [-0.3, -0.25) is 6.58 Å². The molecule has 0 heterocycles. The summed E-state index contributed by atoms with van der Waals surface area (Å²) in [4.78, 5) is 0. The second-order valence-corrected chi connectivity index (χ2v) is 0.621. The zero-order chi connectivity index (χ0) is 4.12. The van der Waals surface area contributed by atoms with Gasteiger partial charge in [0.2, 0.25) is 0 Å². The summed E-state index contributed by atoms with van der Waals surface area (Å²) in [6, 6.07) is 0. The molecule has 0 N–H and O–H groups in total. The summed E-state index contributed by atoms with van der Waals surface area (Å²) in [5.41, 5.74) is 0. The summed E-state index contributed by atoms with van der Waals surface area (Å²) >= 11 is 0. The van der Waals surface area contributed by atoms with E-state index in [4.69, 9.17) is 6.58 Å². The van der Waals surface area contributed by atoms with Crippen molar-refractivity contribution in [3.63, 3.8) is 0 Å². The van der Waals surface area contributed by atoms with E-state index < -0.39 is 0 Å². The molecule has 36 valence electrons. The van der Waals surface area contributed by atoms with Gasteiger partial charge < -0.3 is 0 Å².